The van der Waals surface area contributed by atoms with Crippen LogP contribution in [0, 0.1) is 0 Å². The van der Waals surface area contributed by atoms with Crippen molar-refractivity contribution < 1.29 is 4.79 Å². The van der Waals surface area contributed by atoms with E-state index in [1.165, 1.54) is 37.7 Å². The summed E-state index contributed by atoms with van der Waals surface area (Å²) < 4.78 is 0. The van der Waals surface area contributed by atoms with E-state index in [9.17, 15) is 4.79 Å². The van der Waals surface area contributed by atoms with Crippen molar-refractivity contribution in [3.8, 4) is 0 Å². The highest BCUT2D eigenvalue weighted by Gasteiger charge is 2.19. The summed E-state index contributed by atoms with van der Waals surface area (Å²) in [4.78, 5) is 17.3. The van der Waals surface area contributed by atoms with Gasteiger partial charge in [0.05, 0.1) is 6.54 Å². The highest BCUT2D eigenvalue weighted by Crippen LogP contribution is 2.25. The van der Waals surface area contributed by atoms with Crippen molar-refractivity contribution in [2.45, 2.75) is 51.6 Å². The molecule has 0 aromatic heterocycles. The fourth-order valence-electron chi connectivity index (χ4n) is 4.09. The van der Waals surface area contributed by atoms with E-state index in [4.69, 9.17) is 0 Å². The van der Waals surface area contributed by atoms with Crippen molar-refractivity contribution in [1.82, 2.24) is 4.90 Å². The van der Waals surface area contributed by atoms with E-state index in [1.807, 2.05) is 42.5 Å². The summed E-state index contributed by atoms with van der Waals surface area (Å²) in [5.41, 5.74) is 3.19. The Kier molecular flexibility index (Phi) is 7.49. The number of likely N-dealkylation sites (N-methyl/N-ethyl adjacent to an activating group) is 1. The minimum atomic E-state index is 0.0264. The normalized spacial score (nSPS) is 14.8. The number of carbonyl (C=O) groups excluding carboxylic acids is 1. The number of carbonyl (C=O) groups is 1. The Morgan fingerprint density at radius 1 is 1.00 bits per heavy atom. The van der Waals surface area contributed by atoms with Crippen LogP contribution >= 0.6 is 0 Å². The number of hydrogen-bond acceptors (Lipinski definition) is 3. The molecule has 0 atom stereocenters. The molecule has 0 aliphatic heterocycles. The Bertz CT molecular complexity index is 741. The molecule has 0 spiro atoms. The van der Waals surface area contributed by atoms with Crippen molar-refractivity contribution in [2.75, 3.05) is 30.4 Å². The number of hydrogen-bond donors (Lipinski definition) is 1. The van der Waals surface area contributed by atoms with Crippen molar-refractivity contribution in [3.63, 3.8) is 0 Å². The molecule has 2 aromatic rings. The molecule has 1 amide bonds. The summed E-state index contributed by atoms with van der Waals surface area (Å²) in [6, 6.07) is 19.0. The number of rotatable bonds is 8. The van der Waals surface area contributed by atoms with Crippen LogP contribution < -0.4 is 10.2 Å². The Morgan fingerprint density at radius 3 is 2.39 bits per heavy atom. The first-order chi connectivity index (χ1) is 13.7. The maximum Gasteiger partial charge on any atom is 0.243 e. The van der Waals surface area contributed by atoms with Gasteiger partial charge in [-0.15, -0.1) is 0 Å². The van der Waals surface area contributed by atoms with Crippen molar-refractivity contribution in [1.29, 1.82) is 0 Å². The molecule has 0 radical (unpaired) electrons. The summed E-state index contributed by atoms with van der Waals surface area (Å²) >= 11 is 0. The van der Waals surface area contributed by atoms with E-state index in [2.05, 4.69) is 41.2 Å². The minimum Gasteiger partial charge on any atom is -0.362 e. The molecule has 0 unspecified atom stereocenters. The quantitative estimate of drug-likeness (QED) is 0.707. The zero-order valence-electron chi connectivity index (χ0n) is 17.2. The number of nitrogens with zero attached hydrogens (tertiary/aromatic N) is 2. The summed E-state index contributed by atoms with van der Waals surface area (Å²) in [5.74, 6) is 0.0264. The van der Waals surface area contributed by atoms with Gasteiger partial charge in [-0.05, 0) is 50.6 Å². The molecule has 1 aliphatic carbocycles. The van der Waals surface area contributed by atoms with E-state index >= 15 is 0 Å². The first-order valence-corrected chi connectivity index (χ1v) is 10.6. The molecular formula is C24H33N3O. The molecule has 1 aliphatic rings. The van der Waals surface area contributed by atoms with Crippen molar-refractivity contribution in [2.24, 2.45) is 0 Å². The third kappa shape index (κ3) is 5.59. The minimum absolute atomic E-state index is 0.0264. The van der Waals surface area contributed by atoms with Crippen LogP contribution in [0.3, 0.4) is 0 Å². The highest BCUT2D eigenvalue weighted by atomic mass is 16.2. The maximum absolute atomic E-state index is 12.7. The van der Waals surface area contributed by atoms with Gasteiger partial charge in [0.25, 0.3) is 0 Å². The number of para-hydroxylation sites is 2. The lowest BCUT2D eigenvalue weighted by molar-refractivity contribution is -0.115. The van der Waals surface area contributed by atoms with Crippen LogP contribution in [0.15, 0.2) is 54.6 Å². The maximum atomic E-state index is 12.7. The van der Waals surface area contributed by atoms with Crippen LogP contribution in [0.1, 0.15) is 44.6 Å². The van der Waals surface area contributed by atoms with Gasteiger partial charge in [-0.2, -0.15) is 0 Å². The Morgan fingerprint density at radius 2 is 1.68 bits per heavy atom. The van der Waals surface area contributed by atoms with E-state index in [-0.39, 0.29) is 5.91 Å². The Hall–Kier alpha value is -2.33. The molecule has 3 rings (SSSR count). The molecule has 0 heterocycles. The predicted molar refractivity (Wildman–Crippen MR) is 118 cm³/mol. The molecule has 0 bridgehead atoms. The SMILES string of the molecule is CCN(CC(=O)Nc1ccccc1CN(C)C1CCCCC1)c1ccccc1. The molecule has 1 N–H and O–H groups in total. The molecule has 2 aromatic carbocycles. The number of amides is 1. The zero-order chi connectivity index (χ0) is 19.8. The largest absolute Gasteiger partial charge is 0.362 e. The van der Waals surface area contributed by atoms with Crippen LogP contribution in [0.2, 0.25) is 0 Å². The van der Waals surface area contributed by atoms with Gasteiger partial charge in [0.15, 0.2) is 0 Å². The number of anilines is 2. The Labute approximate surface area is 169 Å². The van der Waals surface area contributed by atoms with E-state index in [1.54, 1.807) is 0 Å². The first-order valence-electron chi connectivity index (χ1n) is 10.6. The lowest BCUT2D eigenvalue weighted by Gasteiger charge is -2.31. The monoisotopic (exact) mass is 379 g/mol. The number of benzene rings is 2. The van der Waals surface area contributed by atoms with Gasteiger partial charge in [-0.3, -0.25) is 9.69 Å². The lowest BCUT2D eigenvalue weighted by Crippen LogP contribution is -2.34. The molecule has 1 saturated carbocycles. The average Bonchev–Trinajstić information content (AvgIpc) is 2.74. The van der Waals surface area contributed by atoms with Crippen LogP contribution in [0.25, 0.3) is 0 Å². The van der Waals surface area contributed by atoms with Crippen LogP contribution in [-0.2, 0) is 11.3 Å². The molecule has 150 valence electrons. The van der Waals surface area contributed by atoms with Gasteiger partial charge in [0, 0.05) is 30.5 Å². The fourth-order valence-corrected chi connectivity index (χ4v) is 4.09. The standard InChI is InChI=1S/C24H33N3O/c1-3-27(22-15-8-5-9-16-22)19-24(28)25-23-17-11-10-12-20(23)18-26(2)21-13-6-4-7-14-21/h5,8-12,15-17,21H,3-4,6-7,13-14,18-19H2,1-2H3,(H,25,28). The molecule has 28 heavy (non-hydrogen) atoms. The highest BCUT2D eigenvalue weighted by molar-refractivity contribution is 5.94. The van der Waals surface area contributed by atoms with Crippen molar-refractivity contribution >= 4 is 17.3 Å². The van der Waals surface area contributed by atoms with Crippen LogP contribution in [-0.4, -0.2) is 37.0 Å². The summed E-state index contributed by atoms with van der Waals surface area (Å²) in [6.07, 6.45) is 6.60. The molecule has 4 nitrogen and oxygen atoms in total. The molecule has 1 fully saturated rings. The second kappa shape index (κ2) is 10.3. The van der Waals surface area contributed by atoms with Gasteiger partial charge in [-0.25, -0.2) is 0 Å². The third-order valence-corrected chi connectivity index (χ3v) is 5.75. The zero-order valence-corrected chi connectivity index (χ0v) is 17.2. The summed E-state index contributed by atoms with van der Waals surface area (Å²) in [5, 5.41) is 3.15. The predicted octanol–water partition coefficient (Wildman–Crippen LogP) is 4.92. The van der Waals surface area contributed by atoms with Gasteiger partial charge >= 0.3 is 0 Å². The topological polar surface area (TPSA) is 35.6 Å². The summed E-state index contributed by atoms with van der Waals surface area (Å²) in [7, 11) is 2.21. The Balaban J connectivity index is 1.62. The van der Waals surface area contributed by atoms with E-state index < -0.39 is 0 Å². The molecule has 4 heteroatoms. The fraction of sp³-hybridized carbons (Fsp3) is 0.458. The van der Waals surface area contributed by atoms with E-state index in [0.717, 1.165) is 24.5 Å². The molecular weight excluding hydrogens is 346 g/mol. The van der Waals surface area contributed by atoms with Gasteiger partial charge < -0.3 is 10.2 Å². The lowest BCUT2D eigenvalue weighted by atomic mass is 9.94. The second-order valence-electron chi connectivity index (χ2n) is 7.76. The first kappa shape index (κ1) is 20.4. The third-order valence-electron chi connectivity index (χ3n) is 5.75. The van der Waals surface area contributed by atoms with E-state index in [0.29, 0.717) is 12.6 Å². The summed E-state index contributed by atoms with van der Waals surface area (Å²) in [6.45, 7) is 4.10. The van der Waals surface area contributed by atoms with Gasteiger partial charge in [0.2, 0.25) is 5.91 Å². The average molecular weight is 380 g/mol. The van der Waals surface area contributed by atoms with Gasteiger partial charge in [0.1, 0.15) is 0 Å². The smallest absolute Gasteiger partial charge is 0.243 e. The number of nitrogens with one attached hydrogen (secondary N) is 1. The van der Waals surface area contributed by atoms with Crippen LogP contribution in [0.5, 0.6) is 0 Å². The van der Waals surface area contributed by atoms with Crippen LogP contribution in [0.4, 0.5) is 11.4 Å². The molecule has 0 saturated heterocycles. The van der Waals surface area contributed by atoms with Gasteiger partial charge in [-0.1, -0.05) is 55.7 Å². The second-order valence-corrected chi connectivity index (χ2v) is 7.76. The van der Waals surface area contributed by atoms with Crippen molar-refractivity contribution in [3.05, 3.63) is 60.2 Å².